The van der Waals surface area contributed by atoms with Crippen molar-refractivity contribution < 1.29 is 74.1 Å². The van der Waals surface area contributed by atoms with E-state index in [0.717, 1.165) is 0 Å². The molecule has 0 atom stereocenters. The SMILES string of the molecule is O=C([O-])[O-].[Na+].[Na+].[SeH2]. The van der Waals surface area contributed by atoms with Gasteiger partial charge in [0.2, 0.25) is 0 Å². The predicted octanol–water partition coefficient (Wildman–Crippen LogP) is -9.36. The van der Waals surface area contributed by atoms with Crippen LogP contribution in [-0.4, -0.2) is 23.2 Å². The van der Waals surface area contributed by atoms with Gasteiger partial charge in [0.1, 0.15) is 0 Å². The molecule has 0 saturated carbocycles. The Hall–Kier alpha value is 1.79. The van der Waals surface area contributed by atoms with E-state index in [1.165, 1.54) is 0 Å². The third-order valence-electron chi connectivity index (χ3n) is 0. The van der Waals surface area contributed by atoms with Gasteiger partial charge in [-0.2, -0.15) is 0 Å². The molecule has 0 bridgehead atoms. The number of carbonyl (C=O) groups is 1. The summed E-state index contributed by atoms with van der Waals surface area (Å²) in [5, 5.41) is 16.7. The monoisotopic (exact) mass is 188 g/mol. The molecule has 32 valence electrons. The van der Waals surface area contributed by atoms with E-state index < -0.39 is 6.16 Å². The molecule has 0 N–H and O–H groups in total. The fourth-order valence-corrected chi connectivity index (χ4v) is 0. The molecule has 0 heterocycles. The summed E-state index contributed by atoms with van der Waals surface area (Å²) >= 11 is 0. The Kier molecular flexibility index (Phi) is 52.0. The average Bonchev–Trinajstić information content (AvgIpc) is 0.811. The van der Waals surface area contributed by atoms with Crippen LogP contribution in [0, 0.1) is 0 Å². The van der Waals surface area contributed by atoms with E-state index in [4.69, 9.17) is 15.0 Å². The maximum atomic E-state index is 8.33. The van der Waals surface area contributed by atoms with Gasteiger partial charge in [0.05, 0.1) is 0 Å². The van der Waals surface area contributed by atoms with Crippen molar-refractivity contribution in [2.24, 2.45) is 0 Å². The summed E-state index contributed by atoms with van der Waals surface area (Å²) in [6, 6.07) is 0. The summed E-state index contributed by atoms with van der Waals surface area (Å²) in [7, 11) is 0. The second-order valence-electron chi connectivity index (χ2n) is 0.250. The third kappa shape index (κ3) is 81.5. The van der Waals surface area contributed by atoms with Crippen LogP contribution >= 0.6 is 0 Å². The normalized spacial score (nSPS) is 3.43. The fourth-order valence-electron chi connectivity index (χ4n) is 0. The van der Waals surface area contributed by atoms with Gasteiger partial charge in [-0.3, -0.25) is 0 Å². The van der Waals surface area contributed by atoms with Crippen LogP contribution in [0.15, 0.2) is 0 Å². The summed E-state index contributed by atoms with van der Waals surface area (Å²) < 4.78 is 0. The molecule has 0 spiro atoms. The number of hydrogen-bond donors (Lipinski definition) is 0. The van der Waals surface area contributed by atoms with Crippen molar-refractivity contribution in [3.8, 4) is 0 Å². The maximum absolute atomic E-state index is 8.33. The van der Waals surface area contributed by atoms with Crippen molar-refractivity contribution in [1.82, 2.24) is 0 Å². The van der Waals surface area contributed by atoms with E-state index in [-0.39, 0.29) is 76.2 Å². The first-order valence-electron chi connectivity index (χ1n) is 0.612. The van der Waals surface area contributed by atoms with Gasteiger partial charge in [-0.25, -0.2) is 0 Å². The Morgan fingerprint density at radius 1 is 1.14 bits per heavy atom. The van der Waals surface area contributed by atoms with Crippen LogP contribution in [0.4, 0.5) is 4.79 Å². The van der Waals surface area contributed by atoms with Crippen LogP contribution in [-0.2, 0) is 0 Å². The van der Waals surface area contributed by atoms with Crippen molar-refractivity contribution in [2.75, 3.05) is 0 Å². The summed E-state index contributed by atoms with van der Waals surface area (Å²) in [6.45, 7) is 0. The van der Waals surface area contributed by atoms with E-state index in [9.17, 15) is 0 Å². The van der Waals surface area contributed by atoms with Crippen LogP contribution in [0.5, 0.6) is 0 Å². The Morgan fingerprint density at radius 2 is 1.14 bits per heavy atom. The molecule has 0 rings (SSSR count). The van der Waals surface area contributed by atoms with Crippen molar-refractivity contribution in [2.45, 2.75) is 0 Å². The molecule has 0 aliphatic rings. The first kappa shape index (κ1) is 23.2. The van der Waals surface area contributed by atoms with Crippen molar-refractivity contribution >= 4 is 23.2 Å². The van der Waals surface area contributed by atoms with E-state index in [2.05, 4.69) is 0 Å². The third-order valence-corrected chi connectivity index (χ3v) is 0. The average molecular weight is 187 g/mol. The van der Waals surface area contributed by atoms with Gasteiger partial charge in [0, 0.05) is 0 Å². The second-order valence-corrected chi connectivity index (χ2v) is 0.250. The van der Waals surface area contributed by atoms with E-state index in [1.54, 1.807) is 0 Å². The summed E-state index contributed by atoms with van der Waals surface area (Å²) in [5.74, 6) is 0. The molecule has 0 aliphatic carbocycles. The Morgan fingerprint density at radius 3 is 1.14 bits per heavy atom. The zero-order chi connectivity index (χ0) is 3.58. The number of rotatable bonds is 0. The number of hydrogen-bond acceptors (Lipinski definition) is 3. The van der Waals surface area contributed by atoms with Gasteiger partial charge in [0.25, 0.3) is 0 Å². The zero-order valence-electron chi connectivity index (χ0n) is 4.22. The van der Waals surface area contributed by atoms with Gasteiger partial charge in [-0.05, 0) is 6.16 Å². The molecule has 0 saturated heterocycles. The van der Waals surface area contributed by atoms with Crippen molar-refractivity contribution in [3.05, 3.63) is 0 Å². The Balaban J connectivity index is -0.0000000150. The van der Waals surface area contributed by atoms with Crippen molar-refractivity contribution in [3.63, 3.8) is 0 Å². The quantitative estimate of drug-likeness (QED) is 0.354. The zero-order valence-corrected chi connectivity index (χ0v) is 10.3. The topological polar surface area (TPSA) is 63.2 Å². The minimum absolute atomic E-state index is 0. The molecular formula is CH2Na2O3Se. The first-order valence-corrected chi connectivity index (χ1v) is 0.612. The molecule has 0 aromatic carbocycles. The summed E-state index contributed by atoms with van der Waals surface area (Å²) in [5.41, 5.74) is 0. The van der Waals surface area contributed by atoms with Gasteiger partial charge in [-0.15, -0.1) is 0 Å². The molecule has 0 fully saturated rings. The van der Waals surface area contributed by atoms with Gasteiger partial charge in [0.15, 0.2) is 0 Å². The van der Waals surface area contributed by atoms with E-state index in [0.29, 0.717) is 0 Å². The molecular weight excluding hydrogens is 185 g/mol. The molecule has 0 radical (unpaired) electrons. The van der Waals surface area contributed by atoms with E-state index >= 15 is 0 Å². The second kappa shape index (κ2) is 15.7. The summed E-state index contributed by atoms with van der Waals surface area (Å²) in [6.07, 6.45) is -2.33. The fraction of sp³-hybridized carbons (Fsp3) is 0. The molecule has 3 nitrogen and oxygen atoms in total. The predicted molar refractivity (Wildman–Crippen MR) is 13.9 cm³/mol. The molecule has 6 heteroatoms. The molecule has 0 amide bonds. The number of carbonyl (C=O) groups excluding carboxylic acids is 1. The van der Waals surface area contributed by atoms with Gasteiger partial charge < -0.3 is 15.0 Å². The van der Waals surface area contributed by atoms with Crippen LogP contribution in [0.1, 0.15) is 0 Å². The van der Waals surface area contributed by atoms with Gasteiger partial charge in [-0.1, -0.05) is 0 Å². The minimum atomic E-state index is -2.33. The van der Waals surface area contributed by atoms with Crippen LogP contribution in [0.3, 0.4) is 0 Å². The Bertz CT molecular complexity index is 35.9. The molecule has 7 heavy (non-hydrogen) atoms. The van der Waals surface area contributed by atoms with Crippen LogP contribution < -0.4 is 69.3 Å². The van der Waals surface area contributed by atoms with E-state index in [1.807, 2.05) is 0 Å². The first-order chi connectivity index (χ1) is 1.73. The molecule has 0 aromatic rings. The summed E-state index contributed by atoms with van der Waals surface area (Å²) in [4.78, 5) is 8.33. The van der Waals surface area contributed by atoms with Crippen molar-refractivity contribution in [1.29, 1.82) is 0 Å². The Labute approximate surface area is 95.9 Å². The molecule has 0 unspecified atom stereocenters. The van der Waals surface area contributed by atoms with Gasteiger partial charge >= 0.3 is 76.2 Å². The molecule has 0 aliphatic heterocycles. The standard InChI is InChI=1S/CH2O3.2Na.H2Se/c2-1(3)4;;;/h(H2,2,3,4);;;1H2/q;2*+1;/p-2. The molecule has 0 aromatic heterocycles. The van der Waals surface area contributed by atoms with Crippen LogP contribution in [0.25, 0.3) is 0 Å². The van der Waals surface area contributed by atoms with Crippen LogP contribution in [0.2, 0.25) is 0 Å². The number of carboxylic acid groups (broad SMARTS) is 2.